The topological polar surface area (TPSA) is 57.5 Å². The first-order chi connectivity index (χ1) is 11.4. The number of hydrogen-bond donors (Lipinski definition) is 0. The molecule has 130 valence electrons. The van der Waals surface area contributed by atoms with Crippen molar-refractivity contribution in [3.63, 3.8) is 0 Å². The first-order valence-electron chi connectivity index (χ1n) is 7.85. The number of Topliss-reactive ketones (excluding diaryl/α,β-unsaturated/α-hetero) is 1. The minimum absolute atomic E-state index is 0.00984. The maximum Gasteiger partial charge on any atom is 0.337 e. The molecule has 0 aliphatic heterocycles. The fraction of sp³-hybridized carbons (Fsp3) is 0.389. The molecular weight excluding hydrogens is 325 g/mol. The molecule has 1 aromatic carbocycles. The average Bonchev–Trinajstić information content (AvgIpc) is 2.94. The number of carbonyl (C=O) groups excluding carboxylic acids is 1. The zero-order chi connectivity index (χ0) is 17.7. The molecule has 0 spiro atoms. The van der Waals surface area contributed by atoms with E-state index in [9.17, 15) is 9.36 Å². The van der Waals surface area contributed by atoms with Crippen LogP contribution in [0.15, 0.2) is 43.1 Å². The lowest BCUT2D eigenvalue weighted by Crippen LogP contribution is -2.11. The molecule has 0 aliphatic rings. The van der Waals surface area contributed by atoms with Crippen LogP contribution in [0.4, 0.5) is 0 Å². The van der Waals surface area contributed by atoms with Crippen LogP contribution in [-0.2, 0) is 25.0 Å². The standard InChI is InChI=1S/C18H24NO4P/c1-5-10-19-12-17(16-8-6-7-9-18(16)19)14(2)11-15(20)13-24(21,22-3)23-4/h5-9,12,14H,1,10-11,13H2,2-4H3. The SMILES string of the molecule is C=CCn1cc(C(C)CC(=O)CP(=O)(OC)OC)c2ccccc21. The van der Waals surface area contributed by atoms with Crippen molar-refractivity contribution in [3.8, 4) is 0 Å². The lowest BCUT2D eigenvalue weighted by atomic mass is 9.96. The highest BCUT2D eigenvalue weighted by atomic mass is 31.2. The van der Waals surface area contributed by atoms with Gasteiger partial charge in [0, 0.05) is 44.3 Å². The van der Waals surface area contributed by atoms with E-state index in [0.29, 0.717) is 13.0 Å². The van der Waals surface area contributed by atoms with Gasteiger partial charge >= 0.3 is 7.60 Å². The van der Waals surface area contributed by atoms with E-state index in [1.54, 1.807) is 0 Å². The maximum absolute atomic E-state index is 12.3. The van der Waals surface area contributed by atoms with Crippen molar-refractivity contribution in [1.29, 1.82) is 0 Å². The molecule has 6 heteroatoms. The molecule has 0 amide bonds. The van der Waals surface area contributed by atoms with Gasteiger partial charge in [-0.15, -0.1) is 6.58 Å². The highest BCUT2D eigenvalue weighted by Gasteiger charge is 2.27. The Morgan fingerprint density at radius 2 is 2.00 bits per heavy atom. The van der Waals surface area contributed by atoms with Crippen molar-refractivity contribution < 1.29 is 18.4 Å². The highest BCUT2D eigenvalue weighted by Crippen LogP contribution is 2.46. The zero-order valence-electron chi connectivity index (χ0n) is 14.4. The van der Waals surface area contributed by atoms with Crippen molar-refractivity contribution in [2.24, 2.45) is 0 Å². The van der Waals surface area contributed by atoms with Crippen LogP contribution in [0.3, 0.4) is 0 Å². The third-order valence-electron chi connectivity index (χ3n) is 4.14. The molecule has 0 bridgehead atoms. The van der Waals surface area contributed by atoms with Gasteiger partial charge in [0.25, 0.3) is 0 Å². The van der Waals surface area contributed by atoms with Crippen molar-refractivity contribution in [2.75, 3.05) is 20.4 Å². The van der Waals surface area contributed by atoms with E-state index in [1.165, 1.54) is 14.2 Å². The molecule has 24 heavy (non-hydrogen) atoms. The normalized spacial score (nSPS) is 13.1. The van der Waals surface area contributed by atoms with E-state index in [-0.39, 0.29) is 17.9 Å². The van der Waals surface area contributed by atoms with Gasteiger partial charge in [0.2, 0.25) is 0 Å². The summed E-state index contributed by atoms with van der Waals surface area (Å²) in [6, 6.07) is 8.10. The molecule has 1 atom stereocenters. The molecule has 5 nitrogen and oxygen atoms in total. The molecule has 0 saturated carbocycles. The summed E-state index contributed by atoms with van der Waals surface area (Å²) < 4.78 is 23.9. The first kappa shape index (κ1) is 18.7. The molecule has 0 saturated heterocycles. The molecule has 0 aliphatic carbocycles. The number of ketones is 1. The number of carbonyl (C=O) groups is 1. The molecular formula is C18H24NO4P. The van der Waals surface area contributed by atoms with Crippen molar-refractivity contribution in [2.45, 2.75) is 25.8 Å². The Morgan fingerprint density at radius 3 is 2.62 bits per heavy atom. The monoisotopic (exact) mass is 349 g/mol. The lowest BCUT2D eigenvalue weighted by molar-refractivity contribution is -0.117. The fourth-order valence-electron chi connectivity index (χ4n) is 2.89. The Kier molecular flexibility index (Phi) is 6.16. The number of fused-ring (bicyclic) bond motifs is 1. The Balaban J connectivity index is 2.22. The summed E-state index contributed by atoms with van der Waals surface area (Å²) >= 11 is 0. The van der Waals surface area contributed by atoms with Gasteiger partial charge in [-0.05, 0) is 17.5 Å². The van der Waals surface area contributed by atoms with Gasteiger partial charge in [-0.2, -0.15) is 0 Å². The van der Waals surface area contributed by atoms with Crippen LogP contribution in [0.1, 0.15) is 24.8 Å². The molecule has 0 fully saturated rings. The summed E-state index contributed by atoms with van der Waals surface area (Å²) in [6.45, 7) is 6.51. The molecule has 1 unspecified atom stereocenters. The van der Waals surface area contributed by atoms with Crippen molar-refractivity contribution in [1.82, 2.24) is 4.57 Å². The Hall–Kier alpha value is -1.68. The molecule has 2 rings (SSSR count). The third kappa shape index (κ3) is 4.04. The first-order valence-corrected chi connectivity index (χ1v) is 9.57. The van der Waals surface area contributed by atoms with E-state index < -0.39 is 7.60 Å². The molecule has 1 aromatic heterocycles. The smallest absolute Gasteiger partial charge is 0.337 e. The van der Waals surface area contributed by atoms with Crippen LogP contribution in [0, 0.1) is 0 Å². The van der Waals surface area contributed by atoms with Crippen LogP contribution in [0.2, 0.25) is 0 Å². The van der Waals surface area contributed by atoms with E-state index in [2.05, 4.69) is 29.5 Å². The number of benzene rings is 1. The summed E-state index contributed by atoms with van der Waals surface area (Å²) in [7, 11) is -0.716. The summed E-state index contributed by atoms with van der Waals surface area (Å²) in [5.74, 6) is -0.120. The van der Waals surface area contributed by atoms with Gasteiger partial charge in [0.05, 0.1) is 0 Å². The second-order valence-electron chi connectivity index (χ2n) is 5.82. The largest absolute Gasteiger partial charge is 0.343 e. The molecule has 1 heterocycles. The predicted octanol–water partition coefficient (Wildman–Crippen LogP) is 4.38. The van der Waals surface area contributed by atoms with Gasteiger partial charge in [-0.1, -0.05) is 31.2 Å². The molecule has 0 radical (unpaired) electrons. The third-order valence-corrected chi connectivity index (χ3v) is 5.99. The summed E-state index contributed by atoms with van der Waals surface area (Å²) in [6.07, 6.45) is 4.00. The number of para-hydroxylation sites is 1. The van der Waals surface area contributed by atoms with E-state index in [0.717, 1.165) is 16.5 Å². The summed E-state index contributed by atoms with van der Waals surface area (Å²) in [5, 5.41) is 1.13. The van der Waals surface area contributed by atoms with E-state index in [4.69, 9.17) is 9.05 Å². The van der Waals surface area contributed by atoms with Crippen LogP contribution >= 0.6 is 7.60 Å². The van der Waals surface area contributed by atoms with Crippen LogP contribution in [0.5, 0.6) is 0 Å². The van der Waals surface area contributed by atoms with Crippen LogP contribution in [-0.4, -0.2) is 30.7 Å². The van der Waals surface area contributed by atoms with Crippen LogP contribution in [0.25, 0.3) is 10.9 Å². The summed E-state index contributed by atoms with van der Waals surface area (Å²) in [4.78, 5) is 12.3. The average molecular weight is 349 g/mol. The van der Waals surface area contributed by atoms with Crippen LogP contribution < -0.4 is 0 Å². The number of aromatic nitrogens is 1. The van der Waals surface area contributed by atoms with E-state index in [1.807, 2.05) is 25.1 Å². The van der Waals surface area contributed by atoms with Gasteiger partial charge in [0.15, 0.2) is 0 Å². The predicted molar refractivity (Wildman–Crippen MR) is 96.7 cm³/mol. The van der Waals surface area contributed by atoms with Crippen molar-refractivity contribution >= 4 is 24.3 Å². The van der Waals surface area contributed by atoms with E-state index >= 15 is 0 Å². The minimum Gasteiger partial charge on any atom is -0.343 e. The molecule has 2 aromatic rings. The second-order valence-corrected chi connectivity index (χ2v) is 8.09. The number of hydrogen-bond acceptors (Lipinski definition) is 4. The zero-order valence-corrected chi connectivity index (χ0v) is 15.3. The second kappa shape index (κ2) is 7.93. The number of nitrogens with zero attached hydrogens (tertiary/aromatic N) is 1. The van der Waals surface area contributed by atoms with Gasteiger partial charge < -0.3 is 13.6 Å². The summed E-state index contributed by atoms with van der Waals surface area (Å²) in [5.41, 5.74) is 2.22. The molecule has 0 N–H and O–H groups in total. The minimum atomic E-state index is -3.31. The Labute approximate surface area is 142 Å². The number of allylic oxidation sites excluding steroid dienone is 1. The Bertz CT molecular complexity index is 772. The van der Waals surface area contributed by atoms with Crippen molar-refractivity contribution in [3.05, 3.63) is 48.7 Å². The van der Waals surface area contributed by atoms with Gasteiger partial charge in [-0.3, -0.25) is 9.36 Å². The maximum atomic E-state index is 12.3. The lowest BCUT2D eigenvalue weighted by Gasteiger charge is -2.14. The quantitative estimate of drug-likeness (QED) is 0.498. The number of rotatable bonds is 9. The van der Waals surface area contributed by atoms with Gasteiger partial charge in [0.1, 0.15) is 11.9 Å². The highest BCUT2D eigenvalue weighted by molar-refractivity contribution is 7.54. The fourth-order valence-corrected chi connectivity index (χ4v) is 3.86. The Morgan fingerprint density at radius 1 is 1.33 bits per heavy atom. The van der Waals surface area contributed by atoms with Gasteiger partial charge in [-0.25, -0.2) is 0 Å².